The van der Waals surface area contributed by atoms with E-state index in [1.807, 2.05) is 49.4 Å². The first-order valence-electron chi connectivity index (χ1n) is 8.55. The molecule has 0 atom stereocenters. The van der Waals surface area contributed by atoms with Crippen molar-refractivity contribution >= 4 is 16.8 Å². The van der Waals surface area contributed by atoms with E-state index in [9.17, 15) is 4.79 Å². The van der Waals surface area contributed by atoms with Crippen LogP contribution in [0.4, 0.5) is 0 Å². The van der Waals surface area contributed by atoms with Crippen molar-refractivity contribution < 1.29 is 13.6 Å². The summed E-state index contributed by atoms with van der Waals surface area (Å²) in [6.45, 7) is 4.87. The Morgan fingerprint density at radius 2 is 1.65 bits per heavy atom. The van der Waals surface area contributed by atoms with Crippen molar-refractivity contribution in [3.63, 3.8) is 0 Å². The number of hydrogen-bond acceptors (Lipinski definition) is 3. The number of aryl methyl sites for hydroxylation is 2. The van der Waals surface area contributed by atoms with Gasteiger partial charge in [-0.05, 0) is 61.9 Å². The van der Waals surface area contributed by atoms with Gasteiger partial charge in [-0.25, -0.2) is 0 Å². The number of hydrogen-bond donors (Lipinski definition) is 1. The van der Waals surface area contributed by atoms with Crippen LogP contribution in [0.2, 0.25) is 0 Å². The summed E-state index contributed by atoms with van der Waals surface area (Å²) in [6, 6.07) is 13.1. The molecule has 4 aromatic rings. The monoisotopic (exact) mass is 348 g/mol. The normalized spacial score (nSPS) is 11.2. The molecule has 0 spiro atoms. The summed E-state index contributed by atoms with van der Waals surface area (Å²) < 4.78 is 10.9. The van der Waals surface area contributed by atoms with Crippen LogP contribution in [0.25, 0.3) is 10.9 Å². The van der Waals surface area contributed by atoms with E-state index in [1.54, 1.807) is 17.4 Å². The molecule has 1 N–H and O–H groups in total. The van der Waals surface area contributed by atoms with E-state index in [1.165, 1.54) is 5.56 Å². The molecular formula is C21H20N2O3. The minimum atomic E-state index is -0.0575. The van der Waals surface area contributed by atoms with Gasteiger partial charge in [0.2, 0.25) is 0 Å². The highest BCUT2D eigenvalue weighted by Crippen LogP contribution is 2.24. The summed E-state index contributed by atoms with van der Waals surface area (Å²) in [7, 11) is 0. The third-order valence-electron chi connectivity index (χ3n) is 4.70. The van der Waals surface area contributed by atoms with Gasteiger partial charge in [-0.1, -0.05) is 0 Å². The van der Waals surface area contributed by atoms with Crippen LogP contribution in [0, 0.1) is 13.8 Å². The number of rotatable bonds is 5. The molecule has 0 aliphatic rings. The quantitative estimate of drug-likeness (QED) is 0.563. The van der Waals surface area contributed by atoms with E-state index >= 15 is 0 Å². The Morgan fingerprint density at radius 3 is 2.23 bits per heavy atom. The lowest BCUT2D eigenvalue weighted by Gasteiger charge is -2.21. The molecule has 3 heterocycles. The predicted octanol–water partition coefficient (Wildman–Crippen LogP) is 4.81. The SMILES string of the molecule is Cc1[nH]c2ccc(C(=O)N(Cc3ccco3)Cc3ccco3)cc2c1C. The second-order valence-corrected chi connectivity index (χ2v) is 6.46. The van der Waals surface area contributed by atoms with E-state index in [2.05, 4.69) is 11.9 Å². The number of carbonyl (C=O) groups excluding carboxylic acids is 1. The second-order valence-electron chi connectivity index (χ2n) is 6.46. The third-order valence-corrected chi connectivity index (χ3v) is 4.70. The first-order valence-corrected chi connectivity index (χ1v) is 8.55. The van der Waals surface area contributed by atoms with Crippen LogP contribution < -0.4 is 0 Å². The van der Waals surface area contributed by atoms with Gasteiger partial charge >= 0.3 is 0 Å². The summed E-state index contributed by atoms with van der Waals surface area (Å²) in [6.07, 6.45) is 3.23. The number of carbonyl (C=O) groups is 1. The van der Waals surface area contributed by atoms with Crippen LogP contribution in [0.5, 0.6) is 0 Å². The van der Waals surface area contributed by atoms with Gasteiger partial charge in [-0.15, -0.1) is 0 Å². The first kappa shape index (κ1) is 16.3. The number of nitrogens with zero attached hydrogens (tertiary/aromatic N) is 1. The molecule has 0 radical (unpaired) electrons. The molecule has 0 saturated heterocycles. The van der Waals surface area contributed by atoms with E-state index in [0.717, 1.165) is 28.1 Å². The third kappa shape index (κ3) is 3.04. The molecule has 3 aromatic heterocycles. The van der Waals surface area contributed by atoms with E-state index in [0.29, 0.717) is 18.7 Å². The summed E-state index contributed by atoms with van der Waals surface area (Å²) in [5, 5.41) is 1.07. The highest BCUT2D eigenvalue weighted by atomic mass is 16.3. The number of aromatic nitrogens is 1. The van der Waals surface area contributed by atoms with Crippen LogP contribution in [-0.4, -0.2) is 15.8 Å². The number of benzene rings is 1. The maximum Gasteiger partial charge on any atom is 0.254 e. The number of nitrogens with one attached hydrogen (secondary N) is 1. The molecule has 0 unspecified atom stereocenters. The van der Waals surface area contributed by atoms with Gasteiger partial charge in [0, 0.05) is 22.2 Å². The van der Waals surface area contributed by atoms with Gasteiger partial charge in [0.15, 0.2) is 0 Å². The lowest BCUT2D eigenvalue weighted by molar-refractivity contribution is 0.0705. The molecule has 4 rings (SSSR count). The molecule has 26 heavy (non-hydrogen) atoms. The lowest BCUT2D eigenvalue weighted by Crippen LogP contribution is -2.29. The van der Waals surface area contributed by atoms with Gasteiger partial charge in [-0.2, -0.15) is 0 Å². The lowest BCUT2D eigenvalue weighted by atomic mass is 10.1. The number of fused-ring (bicyclic) bond motifs is 1. The summed E-state index contributed by atoms with van der Waals surface area (Å²) in [5.41, 5.74) is 3.98. The van der Waals surface area contributed by atoms with Gasteiger partial charge in [0.05, 0.1) is 25.6 Å². The summed E-state index contributed by atoms with van der Waals surface area (Å²) in [4.78, 5) is 18.3. The Balaban J connectivity index is 1.67. The Morgan fingerprint density at radius 1 is 1.00 bits per heavy atom. The van der Waals surface area contributed by atoms with Crippen molar-refractivity contribution in [1.29, 1.82) is 0 Å². The molecule has 1 amide bonds. The van der Waals surface area contributed by atoms with Gasteiger partial charge in [-0.3, -0.25) is 4.79 Å². The summed E-state index contributed by atoms with van der Waals surface area (Å²) in [5.74, 6) is 1.41. The van der Waals surface area contributed by atoms with Crippen LogP contribution in [0.15, 0.2) is 63.8 Å². The Kier molecular flexibility index (Phi) is 4.13. The van der Waals surface area contributed by atoms with E-state index < -0.39 is 0 Å². The zero-order chi connectivity index (χ0) is 18.1. The molecule has 5 nitrogen and oxygen atoms in total. The largest absolute Gasteiger partial charge is 0.467 e. The Hall–Kier alpha value is -3.21. The van der Waals surface area contributed by atoms with E-state index in [4.69, 9.17) is 8.83 Å². The smallest absolute Gasteiger partial charge is 0.254 e. The molecule has 0 aliphatic carbocycles. The minimum absolute atomic E-state index is 0.0575. The predicted molar refractivity (Wildman–Crippen MR) is 98.8 cm³/mol. The topological polar surface area (TPSA) is 62.4 Å². The van der Waals surface area contributed by atoms with Crippen LogP contribution in [0.3, 0.4) is 0 Å². The molecule has 5 heteroatoms. The number of H-pyrrole nitrogens is 1. The number of aromatic amines is 1. The molecule has 0 aliphatic heterocycles. The molecular weight excluding hydrogens is 328 g/mol. The number of furan rings is 2. The van der Waals surface area contributed by atoms with Gasteiger partial charge in [0.1, 0.15) is 11.5 Å². The fourth-order valence-electron chi connectivity index (χ4n) is 3.16. The molecule has 1 aromatic carbocycles. The standard InChI is InChI=1S/C21H20N2O3/c1-14-15(2)22-20-8-7-16(11-19(14)20)21(24)23(12-17-5-3-9-25-17)13-18-6-4-10-26-18/h3-11,22H,12-13H2,1-2H3. The first-order chi connectivity index (χ1) is 12.6. The molecule has 132 valence electrons. The van der Waals surface area contributed by atoms with Crippen molar-refractivity contribution in [1.82, 2.24) is 9.88 Å². The summed E-state index contributed by atoms with van der Waals surface area (Å²) >= 11 is 0. The van der Waals surface area contributed by atoms with Crippen molar-refractivity contribution in [2.75, 3.05) is 0 Å². The zero-order valence-corrected chi connectivity index (χ0v) is 14.8. The number of amides is 1. The van der Waals surface area contributed by atoms with Gasteiger partial charge in [0.25, 0.3) is 5.91 Å². The van der Waals surface area contributed by atoms with E-state index in [-0.39, 0.29) is 5.91 Å². The fraction of sp³-hybridized carbons (Fsp3) is 0.190. The van der Waals surface area contributed by atoms with Crippen molar-refractivity contribution in [3.8, 4) is 0 Å². The fourth-order valence-corrected chi connectivity index (χ4v) is 3.16. The van der Waals surface area contributed by atoms with Gasteiger partial charge < -0.3 is 18.7 Å². The molecule has 0 bridgehead atoms. The average molecular weight is 348 g/mol. The van der Waals surface area contributed by atoms with Crippen LogP contribution in [0.1, 0.15) is 33.1 Å². The van der Waals surface area contributed by atoms with Crippen LogP contribution >= 0.6 is 0 Å². The van der Waals surface area contributed by atoms with Crippen molar-refractivity contribution in [3.05, 3.63) is 83.3 Å². The zero-order valence-electron chi connectivity index (χ0n) is 14.8. The van der Waals surface area contributed by atoms with Crippen LogP contribution in [-0.2, 0) is 13.1 Å². The van der Waals surface area contributed by atoms with Crippen molar-refractivity contribution in [2.45, 2.75) is 26.9 Å². The highest BCUT2D eigenvalue weighted by molar-refractivity contribution is 5.99. The molecule has 0 fully saturated rings. The Labute approximate surface area is 151 Å². The van der Waals surface area contributed by atoms with Crippen molar-refractivity contribution in [2.24, 2.45) is 0 Å². The highest BCUT2D eigenvalue weighted by Gasteiger charge is 2.20. The maximum atomic E-state index is 13.2. The average Bonchev–Trinajstić information content (AvgIpc) is 3.38. The maximum absolute atomic E-state index is 13.2. The molecule has 0 saturated carbocycles. The minimum Gasteiger partial charge on any atom is -0.467 e. The Bertz CT molecular complexity index is 991. The second kappa shape index (κ2) is 6.59.